The van der Waals surface area contributed by atoms with E-state index < -0.39 is 0 Å². The minimum Gasteiger partial charge on any atom is -0.379 e. The van der Waals surface area contributed by atoms with Crippen molar-refractivity contribution in [2.75, 3.05) is 5.32 Å². The highest BCUT2D eigenvalue weighted by Crippen LogP contribution is 2.17. The van der Waals surface area contributed by atoms with Crippen LogP contribution in [0.2, 0.25) is 0 Å². The van der Waals surface area contributed by atoms with Crippen LogP contribution in [0.15, 0.2) is 24.3 Å². The molecule has 0 unspecified atom stereocenters. The molecule has 0 aliphatic heterocycles. The van der Waals surface area contributed by atoms with Crippen LogP contribution >= 0.6 is 0 Å². The normalized spacial score (nSPS) is 10.7. The number of nitrogens with one attached hydrogen (secondary N) is 1. The number of benzene rings is 1. The molecule has 0 saturated carbocycles. The second-order valence-corrected chi connectivity index (χ2v) is 4.97. The monoisotopic (exact) mass is 257 g/mol. The predicted molar refractivity (Wildman–Crippen MR) is 80.5 cm³/mol. The highest BCUT2D eigenvalue weighted by atomic mass is 15.3. The van der Waals surface area contributed by atoms with Crippen LogP contribution in [0, 0.1) is 13.8 Å². The lowest BCUT2D eigenvalue weighted by atomic mass is 10.1. The molecule has 0 radical (unpaired) electrons. The second kappa shape index (κ2) is 5.91. The van der Waals surface area contributed by atoms with Crippen LogP contribution in [0.1, 0.15) is 36.4 Å². The van der Waals surface area contributed by atoms with E-state index in [1.54, 1.807) is 0 Å². The summed E-state index contributed by atoms with van der Waals surface area (Å²) in [4.78, 5) is 0. The van der Waals surface area contributed by atoms with Crippen molar-refractivity contribution in [2.45, 2.75) is 47.2 Å². The van der Waals surface area contributed by atoms with E-state index in [2.05, 4.69) is 67.1 Å². The van der Waals surface area contributed by atoms with Crippen molar-refractivity contribution in [1.29, 1.82) is 0 Å². The average molecular weight is 257 g/mol. The van der Waals surface area contributed by atoms with Crippen molar-refractivity contribution in [2.24, 2.45) is 0 Å². The van der Waals surface area contributed by atoms with Crippen molar-refractivity contribution in [3.63, 3.8) is 0 Å². The first-order chi connectivity index (χ1) is 9.13. The summed E-state index contributed by atoms with van der Waals surface area (Å²) in [7, 11) is 0. The van der Waals surface area contributed by atoms with Gasteiger partial charge in [0.05, 0.1) is 17.9 Å². The van der Waals surface area contributed by atoms with Gasteiger partial charge in [0.1, 0.15) is 0 Å². The molecule has 0 aliphatic rings. The van der Waals surface area contributed by atoms with Gasteiger partial charge < -0.3 is 5.32 Å². The molecule has 0 aliphatic carbocycles. The largest absolute Gasteiger partial charge is 0.379 e. The third kappa shape index (κ3) is 3.16. The highest BCUT2D eigenvalue weighted by Gasteiger charge is 2.06. The van der Waals surface area contributed by atoms with E-state index in [1.807, 2.05) is 0 Å². The molecule has 3 heteroatoms. The Labute approximate surface area is 115 Å². The molecule has 1 aromatic carbocycles. The Morgan fingerprint density at radius 2 is 1.95 bits per heavy atom. The van der Waals surface area contributed by atoms with E-state index in [9.17, 15) is 0 Å². The van der Waals surface area contributed by atoms with Crippen LogP contribution in [-0.2, 0) is 19.5 Å². The number of nitrogens with zero attached hydrogens (tertiary/aromatic N) is 2. The first-order valence-corrected chi connectivity index (χ1v) is 7.00. The molecular formula is C16H23N3. The number of aromatic nitrogens is 2. The molecule has 0 fully saturated rings. The van der Waals surface area contributed by atoms with Crippen LogP contribution in [0.25, 0.3) is 0 Å². The average Bonchev–Trinajstić information content (AvgIpc) is 2.82. The fraction of sp³-hybridized carbons (Fsp3) is 0.438. The maximum absolute atomic E-state index is 4.58. The lowest BCUT2D eigenvalue weighted by molar-refractivity contribution is 0.619. The molecule has 19 heavy (non-hydrogen) atoms. The molecule has 1 heterocycles. The van der Waals surface area contributed by atoms with Gasteiger partial charge >= 0.3 is 0 Å². The van der Waals surface area contributed by atoms with Gasteiger partial charge in [0.2, 0.25) is 0 Å². The standard InChI is InChI=1S/C16H23N3/c1-5-14-10-15(19(6-2)18-14)11-17-16-9-12(3)7-8-13(16)4/h7-10,17H,5-6,11H2,1-4H3. The Morgan fingerprint density at radius 3 is 2.63 bits per heavy atom. The van der Waals surface area contributed by atoms with Crippen molar-refractivity contribution in [3.05, 3.63) is 46.8 Å². The van der Waals surface area contributed by atoms with Gasteiger partial charge in [0, 0.05) is 12.2 Å². The first kappa shape index (κ1) is 13.7. The fourth-order valence-electron chi connectivity index (χ4n) is 2.22. The quantitative estimate of drug-likeness (QED) is 0.885. The van der Waals surface area contributed by atoms with E-state index in [0.29, 0.717) is 0 Å². The zero-order valence-corrected chi connectivity index (χ0v) is 12.3. The summed E-state index contributed by atoms with van der Waals surface area (Å²) in [5.74, 6) is 0. The molecule has 102 valence electrons. The number of hydrogen-bond acceptors (Lipinski definition) is 2. The predicted octanol–water partition coefficient (Wildman–Crippen LogP) is 3.69. The Kier molecular flexibility index (Phi) is 4.25. The molecular weight excluding hydrogens is 234 g/mol. The van der Waals surface area contributed by atoms with Gasteiger partial charge in [-0.2, -0.15) is 5.10 Å². The maximum Gasteiger partial charge on any atom is 0.0625 e. The smallest absolute Gasteiger partial charge is 0.0625 e. The van der Waals surface area contributed by atoms with E-state index in [-0.39, 0.29) is 0 Å². The topological polar surface area (TPSA) is 29.9 Å². The summed E-state index contributed by atoms with van der Waals surface area (Å²) in [6, 6.07) is 8.70. The Bertz CT molecular complexity index is 555. The van der Waals surface area contributed by atoms with Gasteiger partial charge in [-0.3, -0.25) is 4.68 Å². The Hall–Kier alpha value is -1.77. The van der Waals surface area contributed by atoms with Crippen LogP contribution in [-0.4, -0.2) is 9.78 Å². The lowest BCUT2D eigenvalue weighted by Gasteiger charge is -2.11. The maximum atomic E-state index is 4.58. The van der Waals surface area contributed by atoms with E-state index in [4.69, 9.17) is 0 Å². The summed E-state index contributed by atoms with van der Waals surface area (Å²) in [5.41, 5.74) is 6.19. The fourth-order valence-corrected chi connectivity index (χ4v) is 2.22. The minimum atomic E-state index is 0.825. The van der Waals surface area contributed by atoms with Crippen molar-refractivity contribution in [3.8, 4) is 0 Å². The van der Waals surface area contributed by atoms with Crippen molar-refractivity contribution in [1.82, 2.24) is 9.78 Å². The van der Waals surface area contributed by atoms with E-state index in [1.165, 1.54) is 28.2 Å². The zero-order valence-electron chi connectivity index (χ0n) is 12.3. The molecule has 0 spiro atoms. The van der Waals surface area contributed by atoms with Gasteiger partial charge in [0.25, 0.3) is 0 Å². The summed E-state index contributed by atoms with van der Waals surface area (Å²) in [6.45, 7) is 10.3. The number of aryl methyl sites for hydroxylation is 4. The molecule has 3 nitrogen and oxygen atoms in total. The van der Waals surface area contributed by atoms with Gasteiger partial charge in [-0.05, 0) is 50.5 Å². The van der Waals surface area contributed by atoms with Gasteiger partial charge in [-0.25, -0.2) is 0 Å². The van der Waals surface area contributed by atoms with E-state index >= 15 is 0 Å². The number of rotatable bonds is 5. The number of hydrogen-bond donors (Lipinski definition) is 1. The van der Waals surface area contributed by atoms with Crippen molar-refractivity contribution < 1.29 is 0 Å². The summed E-state index contributed by atoms with van der Waals surface area (Å²) in [6.07, 6.45) is 0.990. The summed E-state index contributed by atoms with van der Waals surface area (Å²) >= 11 is 0. The second-order valence-electron chi connectivity index (χ2n) is 4.97. The molecule has 1 N–H and O–H groups in total. The minimum absolute atomic E-state index is 0.825. The molecule has 0 bridgehead atoms. The van der Waals surface area contributed by atoms with Gasteiger partial charge in [-0.1, -0.05) is 19.1 Å². The van der Waals surface area contributed by atoms with Gasteiger partial charge in [-0.15, -0.1) is 0 Å². The summed E-state index contributed by atoms with van der Waals surface area (Å²) in [5, 5.41) is 8.10. The first-order valence-electron chi connectivity index (χ1n) is 7.00. The van der Waals surface area contributed by atoms with Crippen LogP contribution in [0.4, 0.5) is 5.69 Å². The molecule has 0 atom stereocenters. The third-order valence-electron chi connectivity index (χ3n) is 3.43. The van der Waals surface area contributed by atoms with Gasteiger partial charge in [0.15, 0.2) is 0 Å². The highest BCUT2D eigenvalue weighted by molar-refractivity contribution is 5.52. The number of anilines is 1. The van der Waals surface area contributed by atoms with Crippen LogP contribution in [0.5, 0.6) is 0 Å². The van der Waals surface area contributed by atoms with Crippen molar-refractivity contribution >= 4 is 5.69 Å². The molecule has 0 amide bonds. The molecule has 1 aromatic heterocycles. The molecule has 0 saturated heterocycles. The zero-order chi connectivity index (χ0) is 13.8. The van der Waals surface area contributed by atoms with Crippen LogP contribution in [0.3, 0.4) is 0 Å². The molecule has 2 rings (SSSR count). The van der Waals surface area contributed by atoms with Crippen LogP contribution < -0.4 is 5.32 Å². The summed E-state index contributed by atoms with van der Waals surface area (Å²) < 4.78 is 2.08. The van der Waals surface area contributed by atoms with E-state index in [0.717, 1.165) is 19.5 Å². The Morgan fingerprint density at radius 1 is 1.16 bits per heavy atom. The Balaban J connectivity index is 2.13. The third-order valence-corrected chi connectivity index (χ3v) is 3.43. The SMILES string of the molecule is CCc1cc(CNc2cc(C)ccc2C)n(CC)n1. The molecule has 2 aromatic rings. The lowest BCUT2D eigenvalue weighted by Crippen LogP contribution is -2.08.